The zero-order valence-corrected chi connectivity index (χ0v) is 16.8. The van der Waals surface area contributed by atoms with Crippen molar-refractivity contribution >= 4 is 4.21 Å². The fourth-order valence-corrected chi connectivity index (χ4v) is 13.2. The van der Waals surface area contributed by atoms with Gasteiger partial charge in [0.15, 0.2) is 0 Å². The van der Waals surface area contributed by atoms with Crippen LogP contribution in [0, 0.1) is 23.7 Å². The van der Waals surface area contributed by atoms with Crippen molar-refractivity contribution in [2.45, 2.75) is 32.9 Å². The molecule has 4 aliphatic rings. The maximum absolute atomic E-state index is 4.86. The van der Waals surface area contributed by atoms with Crippen molar-refractivity contribution in [3.05, 3.63) is 48.6 Å². The fourth-order valence-electron chi connectivity index (χ4n) is 5.05. The Bertz CT molecular complexity index is 486. The summed E-state index contributed by atoms with van der Waals surface area (Å²) in [6.45, 7) is 0. The van der Waals surface area contributed by atoms with Crippen LogP contribution in [-0.4, -0.2) is 4.21 Å². The summed E-state index contributed by atoms with van der Waals surface area (Å²) in [5.74, 6) is 3.41. The van der Waals surface area contributed by atoms with E-state index in [2.05, 4.69) is 48.6 Å². The van der Waals surface area contributed by atoms with Crippen molar-refractivity contribution in [1.82, 2.24) is 0 Å². The van der Waals surface area contributed by atoms with Crippen LogP contribution in [0.4, 0.5) is 0 Å². The molecule has 118 valence electrons. The van der Waals surface area contributed by atoms with Gasteiger partial charge in [-0.25, -0.2) is 0 Å². The maximum Gasteiger partial charge on any atom is -1.00 e. The van der Waals surface area contributed by atoms with E-state index < -0.39 is 21.3 Å². The quantitative estimate of drug-likeness (QED) is 0.540. The Morgan fingerprint density at radius 2 is 1.05 bits per heavy atom. The van der Waals surface area contributed by atoms with Gasteiger partial charge in [-0.15, -0.1) is 0 Å². The van der Waals surface area contributed by atoms with Crippen molar-refractivity contribution in [2.75, 3.05) is 0 Å². The van der Waals surface area contributed by atoms with Crippen LogP contribution in [0.3, 0.4) is 0 Å². The number of fused-ring (bicyclic) bond motifs is 2. The Labute approximate surface area is 154 Å². The van der Waals surface area contributed by atoms with E-state index in [0.29, 0.717) is 0 Å². The second kappa shape index (κ2) is 7.91. The fraction of sp³-hybridized carbons (Fsp3) is 0.526. The SMILES string of the molecule is [CH2]=[Zr+2]([CH]1CCC2C=CC=CC21)[CH]1CCC2C=CC=CC21.[Cl-].[Cl-]. The van der Waals surface area contributed by atoms with E-state index >= 15 is 0 Å². The molecular formula is C19H24Cl2Zr. The van der Waals surface area contributed by atoms with Gasteiger partial charge in [0.25, 0.3) is 0 Å². The van der Waals surface area contributed by atoms with Crippen molar-refractivity contribution in [3.63, 3.8) is 0 Å². The molecule has 4 aliphatic carbocycles. The molecular weight excluding hydrogens is 390 g/mol. The summed E-state index contributed by atoms with van der Waals surface area (Å²) in [5.41, 5.74) is 0. The molecule has 0 spiro atoms. The standard InChI is InChI=1S/2C9H11.CH2.2ClH.Zr/c2*1-2-5-9-7-3-6-8(9)4-1;;;;/h2*1-2,4-6,8-9H,3,7H2;1H2;2*1H;/q;;;;;+2/p-2. The largest absolute Gasteiger partial charge is 1.00 e. The molecule has 0 heterocycles. The summed E-state index contributed by atoms with van der Waals surface area (Å²) in [7, 11) is 0. The van der Waals surface area contributed by atoms with Gasteiger partial charge in [-0.2, -0.15) is 0 Å². The van der Waals surface area contributed by atoms with Crippen molar-refractivity contribution in [1.29, 1.82) is 0 Å². The number of rotatable bonds is 2. The minimum absolute atomic E-state index is 0. The minimum atomic E-state index is -1.56. The Morgan fingerprint density at radius 1 is 0.636 bits per heavy atom. The average molecular weight is 415 g/mol. The Morgan fingerprint density at radius 3 is 1.50 bits per heavy atom. The second-order valence-electron chi connectivity index (χ2n) is 6.96. The predicted molar refractivity (Wildman–Crippen MR) is 83.6 cm³/mol. The number of hydrogen-bond donors (Lipinski definition) is 0. The molecule has 0 radical (unpaired) electrons. The van der Waals surface area contributed by atoms with Gasteiger partial charge < -0.3 is 24.8 Å². The molecule has 6 unspecified atom stereocenters. The molecule has 4 rings (SSSR count). The second-order valence-corrected chi connectivity index (χ2v) is 13.4. The molecule has 0 saturated heterocycles. The van der Waals surface area contributed by atoms with E-state index in [0.717, 1.165) is 30.9 Å². The van der Waals surface area contributed by atoms with Crippen LogP contribution in [0.2, 0.25) is 7.25 Å². The van der Waals surface area contributed by atoms with Crippen LogP contribution in [0.25, 0.3) is 0 Å². The minimum Gasteiger partial charge on any atom is -1.00 e. The molecule has 0 aromatic heterocycles. The third kappa shape index (κ3) is 3.24. The first kappa shape index (κ1) is 18.6. The monoisotopic (exact) mass is 412 g/mol. The number of halogens is 2. The molecule has 3 heteroatoms. The van der Waals surface area contributed by atoms with Gasteiger partial charge >= 0.3 is 131 Å². The number of hydrogen-bond acceptors (Lipinski definition) is 0. The molecule has 0 amide bonds. The molecule has 0 bridgehead atoms. The summed E-state index contributed by atoms with van der Waals surface area (Å²) in [5, 5.41) is 0. The van der Waals surface area contributed by atoms with Crippen molar-refractivity contribution < 1.29 is 46.1 Å². The predicted octanol–water partition coefficient (Wildman–Crippen LogP) is -1.07. The average Bonchev–Trinajstić information content (AvgIpc) is 3.11. The first-order valence-electron chi connectivity index (χ1n) is 8.23. The molecule has 0 aromatic rings. The van der Waals surface area contributed by atoms with Crippen LogP contribution in [-0.2, 0) is 21.3 Å². The molecule has 2 saturated carbocycles. The molecule has 0 nitrogen and oxygen atoms in total. The van der Waals surface area contributed by atoms with Crippen LogP contribution < -0.4 is 24.8 Å². The van der Waals surface area contributed by atoms with E-state index in [1.54, 1.807) is 0 Å². The normalized spacial score (nSPS) is 40.1. The van der Waals surface area contributed by atoms with Gasteiger partial charge in [-0.05, 0) is 0 Å². The molecule has 6 atom stereocenters. The topological polar surface area (TPSA) is 0 Å². The van der Waals surface area contributed by atoms with Gasteiger partial charge in [0.05, 0.1) is 0 Å². The third-order valence-electron chi connectivity index (χ3n) is 6.10. The first-order valence-corrected chi connectivity index (χ1v) is 12.8. The van der Waals surface area contributed by atoms with E-state index in [9.17, 15) is 0 Å². The molecule has 0 aliphatic heterocycles. The van der Waals surface area contributed by atoms with Crippen molar-refractivity contribution in [3.8, 4) is 0 Å². The van der Waals surface area contributed by atoms with Gasteiger partial charge in [0, 0.05) is 0 Å². The molecule has 0 aromatic carbocycles. The van der Waals surface area contributed by atoms with Crippen LogP contribution in [0.15, 0.2) is 48.6 Å². The summed E-state index contributed by atoms with van der Waals surface area (Å²) in [6, 6.07) is 0. The van der Waals surface area contributed by atoms with Gasteiger partial charge in [0.1, 0.15) is 0 Å². The van der Waals surface area contributed by atoms with Crippen LogP contribution >= 0.6 is 0 Å². The summed E-state index contributed by atoms with van der Waals surface area (Å²) in [4.78, 5) is 0. The summed E-state index contributed by atoms with van der Waals surface area (Å²) < 4.78 is 6.88. The number of allylic oxidation sites excluding steroid dienone is 8. The van der Waals surface area contributed by atoms with E-state index in [-0.39, 0.29) is 24.8 Å². The summed E-state index contributed by atoms with van der Waals surface area (Å²) in [6.07, 6.45) is 24.8. The Kier molecular flexibility index (Phi) is 6.70. The summed E-state index contributed by atoms with van der Waals surface area (Å²) >= 11 is -1.56. The Hall–Kier alpha value is 0.293. The van der Waals surface area contributed by atoms with Crippen LogP contribution in [0.5, 0.6) is 0 Å². The smallest absolute Gasteiger partial charge is 1.00 e. The molecule has 22 heavy (non-hydrogen) atoms. The molecule has 0 N–H and O–H groups in total. The van der Waals surface area contributed by atoms with Crippen molar-refractivity contribution in [2.24, 2.45) is 23.7 Å². The van der Waals surface area contributed by atoms with E-state index in [4.69, 9.17) is 4.21 Å². The van der Waals surface area contributed by atoms with E-state index in [1.807, 2.05) is 0 Å². The molecule has 2 fully saturated rings. The zero-order valence-electron chi connectivity index (χ0n) is 12.9. The third-order valence-corrected chi connectivity index (χ3v) is 14.1. The van der Waals surface area contributed by atoms with E-state index in [1.165, 1.54) is 25.7 Å². The van der Waals surface area contributed by atoms with Gasteiger partial charge in [-0.3, -0.25) is 0 Å². The van der Waals surface area contributed by atoms with Crippen LogP contribution in [0.1, 0.15) is 25.7 Å². The van der Waals surface area contributed by atoms with Gasteiger partial charge in [-0.1, -0.05) is 0 Å². The Balaban J connectivity index is 0.000000882. The zero-order chi connectivity index (χ0) is 13.5. The van der Waals surface area contributed by atoms with Gasteiger partial charge in [0.2, 0.25) is 0 Å². The maximum atomic E-state index is 4.86. The first-order chi connectivity index (χ1) is 9.84.